The number of anilines is 6. The maximum Gasteiger partial charge on any atom is 0.252 e. The molecule has 0 amide bonds. The standard InChI is InChI=1S/C100H86BN5/c1-97(2,3)66-45-52-86-79(55-66)80-56-67(98(4,5)6)46-53-87(80)104(86)72-48-51-82-90(62-72)106(96-73(63-31-17-13-18-32-63)49-54-88-93(96)76-41-27-30-44-85(76)102(88)70-37-23-16-24-38-70)92-60-69(100(10,11)12)59-91-94(92)101(82)81-50-47-71(103-83-42-28-25-39-74(83)75-40-26-29-43-84(75)103)61-89(81)105(91)95-77(64-33-19-14-20-34-64)57-68(99(7,8)9)58-78(95)65-35-21-15-22-36-65/h13-62H,1-12H3/i25D,26D,28D,29D,39D,40D,42D,43D. The fourth-order valence-electron chi connectivity index (χ4n) is 17.0. The van der Waals surface area contributed by atoms with E-state index in [-0.39, 0.29) is 50.1 Å². The monoisotopic (exact) mass is 1380 g/mol. The minimum absolute atomic E-state index is 0.0132. The minimum Gasteiger partial charge on any atom is -0.310 e. The molecular formula is C100H86BN5. The van der Waals surface area contributed by atoms with Crippen LogP contribution in [-0.2, 0) is 21.7 Å². The van der Waals surface area contributed by atoms with Crippen molar-refractivity contribution in [2.45, 2.75) is 105 Å². The number of aromatic nitrogens is 3. The maximum atomic E-state index is 9.91. The highest BCUT2D eigenvalue weighted by atomic mass is 15.2. The zero-order valence-electron chi connectivity index (χ0n) is 70.1. The molecule has 2 aliphatic heterocycles. The van der Waals surface area contributed by atoms with Gasteiger partial charge in [0.15, 0.2) is 0 Å². The summed E-state index contributed by atoms with van der Waals surface area (Å²) in [6, 6.07) is 90.1. The summed E-state index contributed by atoms with van der Waals surface area (Å²) in [6.07, 6.45) is 0. The van der Waals surface area contributed by atoms with Crippen molar-refractivity contribution in [2.24, 2.45) is 0 Å². The summed E-state index contributed by atoms with van der Waals surface area (Å²) in [5.74, 6) is 0. The first-order valence-electron chi connectivity index (χ1n) is 41.1. The van der Waals surface area contributed by atoms with Crippen molar-refractivity contribution in [3.63, 3.8) is 0 Å². The van der Waals surface area contributed by atoms with Crippen LogP contribution in [0.25, 0.3) is 116 Å². The molecule has 106 heavy (non-hydrogen) atoms. The second-order valence-electron chi connectivity index (χ2n) is 33.2. The number of rotatable bonds is 8. The summed E-state index contributed by atoms with van der Waals surface area (Å²) in [6.45, 7) is 26.9. The van der Waals surface area contributed by atoms with Crippen LogP contribution in [0, 0.1) is 0 Å². The first kappa shape index (κ1) is 56.6. The normalized spacial score (nSPS) is 14.3. The zero-order valence-corrected chi connectivity index (χ0v) is 62.1. The van der Waals surface area contributed by atoms with E-state index >= 15 is 0 Å². The molecule has 0 atom stereocenters. The van der Waals surface area contributed by atoms with Gasteiger partial charge in [-0.3, -0.25) is 0 Å². The molecule has 6 heteroatoms. The molecule has 514 valence electrons. The smallest absolute Gasteiger partial charge is 0.252 e. The van der Waals surface area contributed by atoms with Crippen LogP contribution in [0.1, 0.15) is 116 Å². The van der Waals surface area contributed by atoms with E-state index < -0.39 is 48.4 Å². The lowest BCUT2D eigenvalue weighted by Gasteiger charge is -2.46. The van der Waals surface area contributed by atoms with E-state index in [1.165, 1.54) is 21.9 Å². The van der Waals surface area contributed by atoms with Gasteiger partial charge in [-0.05, 0) is 186 Å². The Hall–Kier alpha value is -11.9. The van der Waals surface area contributed by atoms with Crippen LogP contribution in [0.4, 0.5) is 34.1 Å². The number of para-hydroxylation sites is 4. The second-order valence-corrected chi connectivity index (χ2v) is 33.2. The molecule has 0 fully saturated rings. The van der Waals surface area contributed by atoms with E-state index in [2.05, 4.69) is 351 Å². The van der Waals surface area contributed by atoms with Crippen LogP contribution in [-0.4, -0.2) is 20.4 Å². The van der Waals surface area contributed by atoms with E-state index in [4.69, 9.17) is 2.74 Å². The van der Waals surface area contributed by atoms with Gasteiger partial charge in [0.05, 0.1) is 55.4 Å². The lowest BCUT2D eigenvalue weighted by molar-refractivity contribution is 0.590. The second kappa shape index (κ2) is 23.8. The highest BCUT2D eigenvalue weighted by Gasteiger charge is 2.47. The molecule has 5 heterocycles. The van der Waals surface area contributed by atoms with Gasteiger partial charge in [-0.1, -0.05) is 277 Å². The van der Waals surface area contributed by atoms with Crippen LogP contribution >= 0.6 is 0 Å². The van der Waals surface area contributed by atoms with Crippen LogP contribution in [0.5, 0.6) is 0 Å². The maximum absolute atomic E-state index is 9.91. The number of hydrogen-bond donors (Lipinski definition) is 0. The molecule has 2 aliphatic rings. The molecule has 0 radical (unpaired) electrons. The van der Waals surface area contributed by atoms with Crippen molar-refractivity contribution in [1.29, 1.82) is 0 Å². The third kappa shape index (κ3) is 10.2. The molecule has 0 N–H and O–H groups in total. The van der Waals surface area contributed by atoms with Crippen molar-refractivity contribution in [1.82, 2.24) is 13.7 Å². The van der Waals surface area contributed by atoms with E-state index in [1.807, 2.05) is 6.07 Å². The lowest BCUT2D eigenvalue weighted by Crippen LogP contribution is -2.61. The van der Waals surface area contributed by atoms with Gasteiger partial charge >= 0.3 is 0 Å². The average molecular weight is 1380 g/mol. The Morgan fingerprint density at radius 1 is 0.274 bits per heavy atom. The average Bonchev–Trinajstić information content (AvgIpc) is 0.798. The lowest BCUT2D eigenvalue weighted by atomic mass is 9.33. The van der Waals surface area contributed by atoms with Gasteiger partial charge in [-0.15, -0.1) is 0 Å². The summed E-state index contributed by atoms with van der Waals surface area (Å²) in [4.78, 5) is 5.11. The molecule has 17 aromatic rings. The Morgan fingerprint density at radius 2 is 0.670 bits per heavy atom. The van der Waals surface area contributed by atoms with Crippen LogP contribution in [0.3, 0.4) is 0 Å². The molecule has 0 saturated carbocycles. The summed E-state index contributed by atoms with van der Waals surface area (Å²) in [5.41, 5.74) is 25.1. The zero-order chi connectivity index (χ0) is 79.4. The quantitative estimate of drug-likeness (QED) is 0.141. The topological polar surface area (TPSA) is 21.3 Å². The predicted octanol–water partition coefficient (Wildman–Crippen LogP) is 25.3. The van der Waals surface area contributed by atoms with E-state index in [0.717, 1.165) is 139 Å². The highest BCUT2D eigenvalue weighted by molar-refractivity contribution is 7.00. The van der Waals surface area contributed by atoms with Crippen LogP contribution < -0.4 is 26.2 Å². The number of nitrogens with zero attached hydrogens (tertiary/aromatic N) is 5. The van der Waals surface area contributed by atoms with Crippen molar-refractivity contribution in [2.75, 3.05) is 9.80 Å². The van der Waals surface area contributed by atoms with Gasteiger partial charge in [0.25, 0.3) is 6.71 Å². The van der Waals surface area contributed by atoms with Gasteiger partial charge in [0.1, 0.15) is 0 Å². The molecule has 19 rings (SSSR count). The molecule has 0 bridgehead atoms. The Kier molecular flexibility index (Phi) is 12.7. The fraction of sp³-hybridized carbons (Fsp3) is 0.160. The van der Waals surface area contributed by atoms with E-state index in [0.29, 0.717) is 5.69 Å². The van der Waals surface area contributed by atoms with Crippen molar-refractivity contribution in [3.8, 4) is 50.4 Å². The van der Waals surface area contributed by atoms with Crippen molar-refractivity contribution >= 4 is 123 Å². The molecule has 14 aromatic carbocycles. The van der Waals surface area contributed by atoms with Crippen molar-refractivity contribution < 1.29 is 11.0 Å². The van der Waals surface area contributed by atoms with Crippen LogP contribution in [0.2, 0.25) is 0 Å². The van der Waals surface area contributed by atoms with E-state index in [1.54, 1.807) is 4.57 Å². The van der Waals surface area contributed by atoms with Crippen molar-refractivity contribution in [3.05, 3.63) is 325 Å². The van der Waals surface area contributed by atoms with Gasteiger partial charge in [-0.2, -0.15) is 0 Å². The largest absolute Gasteiger partial charge is 0.310 e. The molecule has 3 aromatic heterocycles. The summed E-state index contributed by atoms with van der Waals surface area (Å²) < 4.78 is 82.6. The molecule has 0 spiro atoms. The van der Waals surface area contributed by atoms with Gasteiger partial charge < -0.3 is 23.5 Å². The van der Waals surface area contributed by atoms with E-state index in [9.17, 15) is 8.22 Å². The molecule has 0 saturated heterocycles. The third-order valence-corrected chi connectivity index (χ3v) is 22.5. The Bertz CT molecular complexity index is 6730. The Morgan fingerprint density at radius 3 is 1.16 bits per heavy atom. The first-order valence-corrected chi connectivity index (χ1v) is 37.1. The summed E-state index contributed by atoms with van der Waals surface area (Å²) >= 11 is 0. The SMILES string of the molecule is [2H]c1c([2H])c([2H])c2c(c1[2H])c1c([2H])c([2H])c([2H])c([2H])c1n2-c1ccc2c(c1)N(c1c(-c3ccccc3)cc(C(C)(C)C)cc1-c1ccccc1)c1cc(C(C)(C)C)cc3c1B2c1ccc(-n2c4ccc(C(C)(C)C)cc4c4cc(C(C)(C)C)ccc42)cc1N3c1c(-c2ccccc2)ccc2c1c1ccccc1n2-c1ccccc1. The Balaban J connectivity index is 1.03. The fourth-order valence-corrected chi connectivity index (χ4v) is 17.0. The number of benzene rings is 14. The minimum atomic E-state index is -0.515. The molecule has 0 unspecified atom stereocenters. The van der Waals surface area contributed by atoms with Gasteiger partial charge in [0.2, 0.25) is 0 Å². The van der Waals surface area contributed by atoms with Gasteiger partial charge in [0, 0.05) is 88.8 Å². The molecular weight excluding hydrogens is 1280 g/mol. The molecule has 0 aliphatic carbocycles. The first-order chi connectivity index (χ1) is 54.5. The third-order valence-electron chi connectivity index (χ3n) is 22.5. The number of fused-ring (bicyclic) bond motifs is 13. The summed E-state index contributed by atoms with van der Waals surface area (Å²) in [5, 5.41) is 4.56. The molecule has 5 nitrogen and oxygen atoms in total. The van der Waals surface area contributed by atoms with Crippen LogP contribution in [0.15, 0.2) is 303 Å². The summed E-state index contributed by atoms with van der Waals surface area (Å²) in [7, 11) is 0. The predicted molar refractivity (Wildman–Crippen MR) is 455 cm³/mol. The Labute approximate surface area is 634 Å². The highest BCUT2D eigenvalue weighted by Crippen LogP contribution is 2.56. The number of hydrogen-bond acceptors (Lipinski definition) is 2. The van der Waals surface area contributed by atoms with Gasteiger partial charge in [-0.25, -0.2) is 0 Å².